The molecule has 0 saturated heterocycles. The van der Waals surface area contributed by atoms with Crippen molar-refractivity contribution in [3.8, 4) is 11.5 Å². The van der Waals surface area contributed by atoms with Gasteiger partial charge < -0.3 is 14.6 Å². The Morgan fingerprint density at radius 3 is 2.05 bits per heavy atom. The van der Waals surface area contributed by atoms with Gasteiger partial charge in [0.05, 0.1) is 36.5 Å². The summed E-state index contributed by atoms with van der Waals surface area (Å²) >= 11 is 0. The molecule has 0 aromatic heterocycles. The molecule has 0 aliphatic heterocycles. The zero-order chi connectivity index (χ0) is 17.1. The Kier molecular flexibility index (Phi) is 6.06. The quantitative estimate of drug-likeness (QED) is 0.780. The van der Waals surface area contributed by atoms with Crippen molar-refractivity contribution in [1.29, 1.82) is 0 Å². The summed E-state index contributed by atoms with van der Waals surface area (Å²) in [6.45, 7) is 13.7. The van der Waals surface area contributed by atoms with E-state index in [1.165, 1.54) is 5.20 Å². The van der Waals surface area contributed by atoms with Crippen LogP contribution in [-0.2, 0) is 0 Å². The second-order valence-electron chi connectivity index (χ2n) is 7.73. The molecule has 0 heterocycles. The van der Waals surface area contributed by atoms with E-state index in [-0.39, 0.29) is 0 Å². The minimum Gasteiger partial charge on any atom is -0.497 e. The maximum atomic E-state index is 11.0. The van der Waals surface area contributed by atoms with E-state index < -0.39 is 22.3 Å². The standard InChI is InChI=1S/C17H30O3Si2/c1-19-13-9-10-14(15(11-13)20-2)17(18)16(22(6,7)8)12-21(3,4)5/h9-12,17-18H,1-8H3/b16-12+. The Hall–Kier alpha value is -1.05. The molecule has 0 spiro atoms. The Bertz CT molecular complexity index is 540. The van der Waals surface area contributed by atoms with Gasteiger partial charge >= 0.3 is 0 Å². The molecule has 0 radical (unpaired) electrons. The third-order valence-corrected chi connectivity index (χ3v) is 7.10. The topological polar surface area (TPSA) is 38.7 Å². The van der Waals surface area contributed by atoms with Gasteiger partial charge in [0.1, 0.15) is 11.5 Å². The molecule has 1 unspecified atom stereocenters. The lowest BCUT2D eigenvalue weighted by Crippen LogP contribution is -2.32. The molecule has 1 N–H and O–H groups in total. The van der Waals surface area contributed by atoms with Gasteiger partial charge in [-0.3, -0.25) is 0 Å². The highest BCUT2D eigenvalue weighted by Crippen LogP contribution is 2.37. The van der Waals surface area contributed by atoms with Crippen LogP contribution in [0.3, 0.4) is 0 Å². The van der Waals surface area contributed by atoms with Gasteiger partial charge in [0.25, 0.3) is 0 Å². The average Bonchev–Trinajstić information content (AvgIpc) is 2.41. The first-order valence-electron chi connectivity index (χ1n) is 7.63. The first kappa shape index (κ1) is 19.0. The number of ether oxygens (including phenoxy) is 2. The maximum Gasteiger partial charge on any atom is 0.128 e. The number of rotatable bonds is 6. The van der Waals surface area contributed by atoms with Gasteiger partial charge in [-0.05, 0) is 12.1 Å². The molecule has 0 amide bonds. The molecular weight excluding hydrogens is 308 g/mol. The van der Waals surface area contributed by atoms with Gasteiger partial charge in [0, 0.05) is 11.6 Å². The van der Waals surface area contributed by atoms with Crippen LogP contribution in [0.25, 0.3) is 0 Å². The Morgan fingerprint density at radius 2 is 1.64 bits per heavy atom. The molecule has 0 fully saturated rings. The maximum absolute atomic E-state index is 11.0. The second-order valence-corrected chi connectivity index (χ2v) is 17.8. The highest BCUT2D eigenvalue weighted by Gasteiger charge is 2.30. The van der Waals surface area contributed by atoms with Gasteiger partial charge in [-0.15, -0.1) is 0 Å². The van der Waals surface area contributed by atoms with E-state index in [0.717, 1.165) is 11.3 Å². The van der Waals surface area contributed by atoms with Gasteiger partial charge in [0.15, 0.2) is 0 Å². The van der Waals surface area contributed by atoms with Gasteiger partial charge in [0.2, 0.25) is 0 Å². The number of aliphatic hydroxyl groups excluding tert-OH is 1. The molecule has 0 aliphatic rings. The number of methoxy groups -OCH3 is 2. The van der Waals surface area contributed by atoms with Crippen LogP contribution >= 0.6 is 0 Å². The van der Waals surface area contributed by atoms with Crippen molar-refractivity contribution in [3.05, 3.63) is 34.7 Å². The van der Waals surface area contributed by atoms with E-state index >= 15 is 0 Å². The summed E-state index contributed by atoms with van der Waals surface area (Å²) in [5.74, 6) is 1.41. The van der Waals surface area contributed by atoms with Crippen molar-refractivity contribution in [1.82, 2.24) is 0 Å². The van der Waals surface area contributed by atoms with Crippen LogP contribution in [0.4, 0.5) is 0 Å². The lowest BCUT2D eigenvalue weighted by Gasteiger charge is -2.29. The molecule has 5 heteroatoms. The van der Waals surface area contributed by atoms with Gasteiger partial charge in [-0.2, -0.15) is 0 Å². The monoisotopic (exact) mass is 338 g/mol. The molecule has 3 nitrogen and oxygen atoms in total. The number of hydrogen-bond acceptors (Lipinski definition) is 3. The normalized spacial score (nSPS) is 14.7. The lowest BCUT2D eigenvalue weighted by atomic mass is 10.1. The van der Waals surface area contributed by atoms with Crippen LogP contribution < -0.4 is 9.47 Å². The van der Waals surface area contributed by atoms with Crippen molar-refractivity contribution >= 4 is 16.1 Å². The van der Waals surface area contributed by atoms with Crippen molar-refractivity contribution in [3.63, 3.8) is 0 Å². The molecule has 0 aliphatic carbocycles. The average molecular weight is 339 g/mol. The highest BCUT2D eigenvalue weighted by molar-refractivity contribution is 6.88. The Labute approximate surface area is 137 Å². The van der Waals surface area contributed by atoms with E-state index in [1.807, 2.05) is 18.2 Å². The smallest absolute Gasteiger partial charge is 0.128 e. The SMILES string of the molecule is COc1ccc(C(O)/C(=C\[Si](C)(C)C)[Si](C)(C)C)c(OC)c1. The molecular formula is C17H30O3Si2. The highest BCUT2D eigenvalue weighted by atomic mass is 28.3. The van der Waals surface area contributed by atoms with Gasteiger partial charge in [-0.1, -0.05) is 50.2 Å². The van der Waals surface area contributed by atoms with Crippen LogP contribution in [0.2, 0.25) is 39.3 Å². The minimum atomic E-state index is -1.64. The summed E-state index contributed by atoms with van der Waals surface area (Å²) < 4.78 is 10.7. The largest absolute Gasteiger partial charge is 0.497 e. The Balaban J connectivity index is 3.37. The summed E-state index contributed by atoms with van der Waals surface area (Å²) in [6.07, 6.45) is -0.612. The molecule has 124 valence electrons. The fraction of sp³-hybridized carbons (Fsp3) is 0.529. The van der Waals surface area contributed by atoms with E-state index in [1.54, 1.807) is 14.2 Å². The summed E-state index contributed by atoms with van der Waals surface area (Å²) in [5.41, 5.74) is 3.17. The van der Waals surface area contributed by atoms with E-state index in [4.69, 9.17) is 9.47 Å². The van der Waals surface area contributed by atoms with E-state index in [9.17, 15) is 5.11 Å². The minimum absolute atomic E-state index is 0.612. The predicted octanol–water partition coefficient (Wildman–Crippen LogP) is 4.42. The van der Waals surface area contributed by atoms with Crippen LogP contribution in [-0.4, -0.2) is 35.5 Å². The first-order chi connectivity index (χ1) is 9.99. The summed E-state index contributed by atoms with van der Waals surface area (Å²) in [5, 5.41) is 12.2. The predicted molar refractivity (Wildman–Crippen MR) is 99.3 cm³/mol. The van der Waals surface area contributed by atoms with Crippen LogP contribution in [0.15, 0.2) is 29.1 Å². The summed E-state index contributed by atoms with van der Waals surface area (Å²) in [6, 6.07) is 5.60. The van der Waals surface area contributed by atoms with Crippen molar-refractivity contribution in [2.24, 2.45) is 0 Å². The summed E-state index contributed by atoms with van der Waals surface area (Å²) in [7, 11) is 0.190. The van der Waals surface area contributed by atoms with Crippen LogP contribution in [0, 0.1) is 0 Å². The van der Waals surface area contributed by atoms with Gasteiger partial charge in [-0.25, -0.2) is 0 Å². The van der Waals surface area contributed by atoms with Crippen molar-refractivity contribution in [2.75, 3.05) is 14.2 Å². The van der Waals surface area contributed by atoms with Crippen LogP contribution in [0.1, 0.15) is 11.7 Å². The first-order valence-corrected chi connectivity index (χ1v) is 14.7. The summed E-state index contributed by atoms with van der Waals surface area (Å²) in [4.78, 5) is 0. The molecule has 1 aromatic carbocycles. The zero-order valence-corrected chi connectivity index (χ0v) is 17.2. The number of aliphatic hydroxyl groups is 1. The van der Waals surface area contributed by atoms with Crippen LogP contribution in [0.5, 0.6) is 11.5 Å². The molecule has 22 heavy (non-hydrogen) atoms. The number of hydrogen-bond donors (Lipinski definition) is 1. The third kappa shape index (κ3) is 5.00. The second kappa shape index (κ2) is 7.02. The van der Waals surface area contributed by atoms with E-state index in [2.05, 4.69) is 45.0 Å². The molecule has 1 rings (SSSR count). The lowest BCUT2D eigenvalue weighted by molar-refractivity contribution is 0.216. The fourth-order valence-electron chi connectivity index (χ4n) is 2.38. The molecule has 0 saturated carbocycles. The fourth-order valence-corrected chi connectivity index (χ4v) is 7.48. The third-order valence-electron chi connectivity index (χ3n) is 3.48. The Morgan fingerprint density at radius 1 is 1.05 bits per heavy atom. The molecule has 1 atom stereocenters. The zero-order valence-electron chi connectivity index (χ0n) is 15.2. The van der Waals surface area contributed by atoms with E-state index in [0.29, 0.717) is 5.75 Å². The van der Waals surface area contributed by atoms with Crippen molar-refractivity contribution < 1.29 is 14.6 Å². The molecule has 0 bridgehead atoms. The molecule has 1 aromatic rings. The number of benzene rings is 1. The van der Waals surface area contributed by atoms with Crippen molar-refractivity contribution in [2.45, 2.75) is 45.4 Å².